The van der Waals surface area contributed by atoms with Crippen molar-refractivity contribution in [3.05, 3.63) is 29.3 Å². The number of aryl methyl sites for hydroxylation is 1. The minimum atomic E-state index is -3.55. The van der Waals surface area contributed by atoms with Crippen LogP contribution in [0, 0.1) is 0 Å². The number of benzene rings is 1. The lowest BCUT2D eigenvalue weighted by atomic mass is 10.1. The molecule has 1 saturated heterocycles. The molecular formula is C15H19NO5S. The first-order valence-corrected chi connectivity index (χ1v) is 9.05. The van der Waals surface area contributed by atoms with Crippen molar-refractivity contribution in [2.75, 3.05) is 18.9 Å². The summed E-state index contributed by atoms with van der Waals surface area (Å²) in [4.78, 5) is 11.1. The smallest absolute Gasteiger partial charge is 0.322 e. The topological polar surface area (TPSA) is 83.9 Å². The summed E-state index contributed by atoms with van der Waals surface area (Å²) in [7, 11) is -3.55. The van der Waals surface area contributed by atoms with Crippen LogP contribution in [0.1, 0.15) is 24.0 Å². The van der Waals surface area contributed by atoms with Gasteiger partial charge >= 0.3 is 5.97 Å². The van der Waals surface area contributed by atoms with E-state index in [1.807, 2.05) is 18.2 Å². The first-order chi connectivity index (χ1) is 10.5. The average molecular weight is 325 g/mol. The summed E-state index contributed by atoms with van der Waals surface area (Å²) in [5, 5.41) is 9.12. The standard InChI is InChI=1S/C15H19NO5S/c17-15(18)13-2-1-7-16(13)22(19,20)9-6-11-3-4-14-12(10-11)5-8-21-14/h3-4,10,13H,1-2,5-9H2,(H,17,18)/t13-/m1/s1. The highest BCUT2D eigenvalue weighted by atomic mass is 32.2. The van der Waals surface area contributed by atoms with Gasteiger partial charge in [-0.2, -0.15) is 4.31 Å². The predicted molar refractivity (Wildman–Crippen MR) is 80.5 cm³/mol. The number of fused-ring (bicyclic) bond motifs is 1. The zero-order chi connectivity index (χ0) is 15.7. The molecule has 1 atom stereocenters. The second-order valence-electron chi connectivity index (χ2n) is 5.71. The van der Waals surface area contributed by atoms with Gasteiger partial charge in [-0.25, -0.2) is 8.42 Å². The third-order valence-corrected chi connectivity index (χ3v) is 6.12. The van der Waals surface area contributed by atoms with Crippen LogP contribution in [0.15, 0.2) is 18.2 Å². The van der Waals surface area contributed by atoms with Gasteiger partial charge in [0.05, 0.1) is 12.4 Å². The van der Waals surface area contributed by atoms with Gasteiger partial charge in [-0.15, -0.1) is 0 Å². The van der Waals surface area contributed by atoms with Gasteiger partial charge in [-0.3, -0.25) is 4.79 Å². The molecule has 0 bridgehead atoms. The lowest BCUT2D eigenvalue weighted by Crippen LogP contribution is -2.41. The van der Waals surface area contributed by atoms with E-state index in [4.69, 9.17) is 9.84 Å². The summed E-state index contributed by atoms with van der Waals surface area (Å²) < 4.78 is 31.4. The van der Waals surface area contributed by atoms with Crippen LogP contribution in [-0.2, 0) is 27.7 Å². The Morgan fingerprint density at radius 2 is 2.23 bits per heavy atom. The molecule has 0 radical (unpaired) electrons. The molecule has 6 nitrogen and oxygen atoms in total. The van der Waals surface area contributed by atoms with Gasteiger partial charge in [0.15, 0.2) is 0 Å². The largest absolute Gasteiger partial charge is 0.493 e. The molecule has 120 valence electrons. The van der Waals surface area contributed by atoms with E-state index in [1.165, 1.54) is 0 Å². The Bertz CT molecular complexity index is 685. The molecule has 0 saturated carbocycles. The third kappa shape index (κ3) is 2.96. The fourth-order valence-corrected chi connectivity index (χ4v) is 4.80. The molecular weight excluding hydrogens is 306 g/mol. The van der Waals surface area contributed by atoms with Crippen LogP contribution in [0.25, 0.3) is 0 Å². The summed E-state index contributed by atoms with van der Waals surface area (Å²) in [6.45, 7) is 0.975. The average Bonchev–Trinajstić information content (AvgIpc) is 3.13. The van der Waals surface area contributed by atoms with Gasteiger partial charge in [0.1, 0.15) is 11.8 Å². The van der Waals surface area contributed by atoms with Crippen LogP contribution in [-0.4, -0.2) is 48.7 Å². The van der Waals surface area contributed by atoms with Crippen molar-refractivity contribution < 1.29 is 23.1 Å². The molecule has 0 amide bonds. The van der Waals surface area contributed by atoms with Crippen molar-refractivity contribution in [3.8, 4) is 5.75 Å². The molecule has 7 heteroatoms. The van der Waals surface area contributed by atoms with Crippen LogP contribution in [0.5, 0.6) is 5.75 Å². The zero-order valence-electron chi connectivity index (χ0n) is 12.2. The maximum absolute atomic E-state index is 12.4. The Morgan fingerprint density at radius 3 is 3.00 bits per heavy atom. The van der Waals surface area contributed by atoms with Crippen LogP contribution in [0.3, 0.4) is 0 Å². The summed E-state index contributed by atoms with van der Waals surface area (Å²) in [6, 6.07) is 4.83. The molecule has 0 unspecified atom stereocenters. The zero-order valence-corrected chi connectivity index (χ0v) is 13.0. The minimum Gasteiger partial charge on any atom is -0.493 e. The molecule has 0 aromatic heterocycles. The Kier molecular flexibility index (Phi) is 4.10. The third-order valence-electron chi connectivity index (χ3n) is 4.25. The molecule has 2 aliphatic heterocycles. The van der Waals surface area contributed by atoms with Gasteiger partial charge in [-0.1, -0.05) is 12.1 Å². The maximum atomic E-state index is 12.4. The Balaban J connectivity index is 1.68. The molecule has 0 aliphatic carbocycles. The van der Waals surface area contributed by atoms with E-state index < -0.39 is 22.0 Å². The van der Waals surface area contributed by atoms with Crippen molar-refractivity contribution in [2.45, 2.75) is 31.7 Å². The maximum Gasteiger partial charge on any atom is 0.322 e. The molecule has 2 heterocycles. The normalized spacial score (nSPS) is 21.5. The van der Waals surface area contributed by atoms with Crippen molar-refractivity contribution in [1.29, 1.82) is 0 Å². The second kappa shape index (κ2) is 5.89. The monoisotopic (exact) mass is 325 g/mol. The first kappa shape index (κ1) is 15.3. The molecule has 1 fully saturated rings. The summed E-state index contributed by atoms with van der Waals surface area (Å²) >= 11 is 0. The lowest BCUT2D eigenvalue weighted by molar-refractivity contribution is -0.140. The van der Waals surface area contributed by atoms with E-state index in [1.54, 1.807) is 0 Å². The molecule has 3 rings (SSSR count). The van der Waals surface area contributed by atoms with Gasteiger partial charge in [0.25, 0.3) is 0 Å². The van der Waals surface area contributed by atoms with E-state index in [2.05, 4.69) is 0 Å². The van der Waals surface area contributed by atoms with Crippen LogP contribution in [0.2, 0.25) is 0 Å². The molecule has 1 N–H and O–H groups in total. The number of carbonyl (C=O) groups is 1. The quantitative estimate of drug-likeness (QED) is 0.874. The number of ether oxygens (including phenoxy) is 1. The fraction of sp³-hybridized carbons (Fsp3) is 0.533. The molecule has 0 spiro atoms. The van der Waals surface area contributed by atoms with Crippen molar-refractivity contribution in [1.82, 2.24) is 4.31 Å². The number of hydrogen-bond acceptors (Lipinski definition) is 4. The predicted octanol–water partition coefficient (Wildman–Crippen LogP) is 1.04. The molecule has 2 aliphatic rings. The van der Waals surface area contributed by atoms with Gasteiger partial charge < -0.3 is 9.84 Å². The number of sulfonamides is 1. The number of hydrogen-bond donors (Lipinski definition) is 1. The fourth-order valence-electron chi connectivity index (χ4n) is 3.08. The van der Waals surface area contributed by atoms with Crippen LogP contribution < -0.4 is 4.74 Å². The highest BCUT2D eigenvalue weighted by Crippen LogP contribution is 2.27. The Hall–Kier alpha value is -1.60. The van der Waals surface area contributed by atoms with Crippen LogP contribution in [0.4, 0.5) is 0 Å². The Morgan fingerprint density at radius 1 is 1.41 bits per heavy atom. The van der Waals surface area contributed by atoms with Crippen LogP contribution >= 0.6 is 0 Å². The SMILES string of the molecule is O=C(O)[C@H]1CCCN1S(=O)(=O)CCc1ccc2c(c1)CCO2. The first-order valence-electron chi connectivity index (χ1n) is 7.44. The number of nitrogens with zero attached hydrogens (tertiary/aromatic N) is 1. The highest BCUT2D eigenvalue weighted by molar-refractivity contribution is 7.89. The number of aliphatic carboxylic acids is 1. The number of rotatable bonds is 5. The summed E-state index contributed by atoms with van der Waals surface area (Å²) in [6.07, 6.45) is 2.23. The Labute approximate surface area is 129 Å². The number of carboxylic acid groups (broad SMARTS) is 1. The molecule has 22 heavy (non-hydrogen) atoms. The van der Waals surface area contributed by atoms with Gasteiger partial charge in [-0.05, 0) is 36.5 Å². The lowest BCUT2D eigenvalue weighted by Gasteiger charge is -2.20. The molecule has 1 aromatic carbocycles. The van der Waals surface area contributed by atoms with Crippen molar-refractivity contribution in [2.24, 2.45) is 0 Å². The van der Waals surface area contributed by atoms with E-state index in [-0.39, 0.29) is 5.75 Å². The highest BCUT2D eigenvalue weighted by Gasteiger charge is 2.38. The van der Waals surface area contributed by atoms with E-state index in [0.717, 1.165) is 27.6 Å². The van der Waals surface area contributed by atoms with Crippen molar-refractivity contribution in [3.63, 3.8) is 0 Å². The van der Waals surface area contributed by atoms with Gasteiger partial charge in [0.2, 0.25) is 10.0 Å². The summed E-state index contributed by atoms with van der Waals surface area (Å²) in [5.74, 6) is -0.246. The van der Waals surface area contributed by atoms with E-state index >= 15 is 0 Å². The molecule has 1 aromatic rings. The minimum absolute atomic E-state index is 0.0591. The van der Waals surface area contributed by atoms with E-state index in [9.17, 15) is 13.2 Å². The van der Waals surface area contributed by atoms with Gasteiger partial charge in [0, 0.05) is 13.0 Å². The van der Waals surface area contributed by atoms with E-state index in [0.29, 0.717) is 32.4 Å². The summed E-state index contributed by atoms with van der Waals surface area (Å²) in [5.41, 5.74) is 2.05. The second-order valence-corrected chi connectivity index (χ2v) is 7.75. The number of carboxylic acids is 1. The van der Waals surface area contributed by atoms with Crippen molar-refractivity contribution >= 4 is 16.0 Å².